The maximum atomic E-state index is 12.0. The molecule has 2 aromatic rings. The molecule has 0 spiro atoms. The first-order chi connectivity index (χ1) is 9.11. The van der Waals surface area contributed by atoms with Gasteiger partial charge in [-0.25, -0.2) is 0 Å². The number of benzene rings is 1. The van der Waals surface area contributed by atoms with E-state index in [0.29, 0.717) is 11.3 Å². The summed E-state index contributed by atoms with van der Waals surface area (Å²) in [5, 5.41) is 11.6. The van der Waals surface area contributed by atoms with Crippen LogP contribution in [-0.2, 0) is 0 Å². The van der Waals surface area contributed by atoms with Crippen molar-refractivity contribution in [1.82, 2.24) is 5.32 Å². The number of hydrogen-bond acceptors (Lipinski definition) is 3. The van der Waals surface area contributed by atoms with Crippen LogP contribution in [0.15, 0.2) is 41.0 Å². The van der Waals surface area contributed by atoms with E-state index in [9.17, 15) is 4.79 Å². The zero-order valence-corrected chi connectivity index (χ0v) is 10.8. The van der Waals surface area contributed by atoms with E-state index in [1.807, 2.05) is 26.0 Å². The van der Waals surface area contributed by atoms with Crippen LogP contribution in [0, 0.1) is 18.3 Å². The Hall–Kier alpha value is -2.54. The third-order valence-corrected chi connectivity index (χ3v) is 2.96. The minimum absolute atomic E-state index is 0.148. The van der Waals surface area contributed by atoms with E-state index < -0.39 is 0 Å². The van der Waals surface area contributed by atoms with Crippen molar-refractivity contribution in [2.75, 3.05) is 0 Å². The average molecular weight is 254 g/mol. The topological polar surface area (TPSA) is 66.0 Å². The second-order valence-electron chi connectivity index (χ2n) is 4.36. The Morgan fingerprint density at radius 2 is 2.00 bits per heavy atom. The largest absolute Gasteiger partial charge is 0.459 e. The highest BCUT2D eigenvalue weighted by Crippen LogP contribution is 2.15. The molecule has 0 saturated carbocycles. The number of furan rings is 1. The molecular weight excluding hydrogens is 240 g/mol. The highest BCUT2D eigenvalue weighted by Gasteiger charge is 2.15. The van der Waals surface area contributed by atoms with Crippen molar-refractivity contribution in [3.8, 4) is 6.07 Å². The summed E-state index contributed by atoms with van der Waals surface area (Å²) in [6.07, 6.45) is 1.50. The van der Waals surface area contributed by atoms with Crippen LogP contribution in [0.2, 0.25) is 0 Å². The second kappa shape index (κ2) is 5.40. The molecule has 0 aliphatic carbocycles. The molecule has 0 saturated heterocycles. The van der Waals surface area contributed by atoms with Crippen LogP contribution in [-0.4, -0.2) is 5.91 Å². The number of carbonyl (C=O) groups excluding carboxylic acids is 1. The van der Waals surface area contributed by atoms with E-state index in [4.69, 9.17) is 9.68 Å². The number of rotatable bonds is 3. The third-order valence-electron chi connectivity index (χ3n) is 2.96. The summed E-state index contributed by atoms with van der Waals surface area (Å²) < 4.78 is 5.14. The van der Waals surface area contributed by atoms with Gasteiger partial charge in [-0.2, -0.15) is 5.26 Å². The monoisotopic (exact) mass is 254 g/mol. The Morgan fingerprint density at radius 1 is 1.32 bits per heavy atom. The highest BCUT2D eigenvalue weighted by molar-refractivity contribution is 5.93. The lowest BCUT2D eigenvalue weighted by molar-refractivity contribution is 0.0911. The van der Waals surface area contributed by atoms with Gasteiger partial charge in [0.1, 0.15) is 0 Å². The number of hydrogen-bond donors (Lipinski definition) is 1. The van der Waals surface area contributed by atoms with Gasteiger partial charge in [0.2, 0.25) is 0 Å². The molecule has 1 aromatic heterocycles. The van der Waals surface area contributed by atoms with Gasteiger partial charge < -0.3 is 9.73 Å². The Bertz CT molecular complexity index is 620. The number of nitrogens with one attached hydrogen (secondary N) is 1. The summed E-state index contributed by atoms with van der Waals surface area (Å²) >= 11 is 0. The van der Waals surface area contributed by atoms with Crippen molar-refractivity contribution < 1.29 is 9.21 Å². The molecule has 0 fully saturated rings. The molecule has 19 heavy (non-hydrogen) atoms. The van der Waals surface area contributed by atoms with E-state index in [1.165, 1.54) is 6.26 Å². The summed E-state index contributed by atoms with van der Waals surface area (Å²) in [4.78, 5) is 12.0. The van der Waals surface area contributed by atoms with Crippen molar-refractivity contribution in [2.45, 2.75) is 19.9 Å². The minimum Gasteiger partial charge on any atom is -0.459 e. The zero-order valence-electron chi connectivity index (χ0n) is 10.8. The van der Waals surface area contributed by atoms with Crippen LogP contribution in [0.5, 0.6) is 0 Å². The van der Waals surface area contributed by atoms with Crippen molar-refractivity contribution in [3.05, 3.63) is 59.0 Å². The summed E-state index contributed by atoms with van der Waals surface area (Å²) in [7, 11) is 0. The molecule has 0 bridgehead atoms. The molecule has 4 heteroatoms. The first-order valence-corrected chi connectivity index (χ1v) is 5.97. The van der Waals surface area contributed by atoms with Gasteiger partial charge in [-0.3, -0.25) is 4.79 Å². The standard InChI is InChI=1S/C15H14N2O2/c1-10-7-8-19-14(10)15(18)17-11(2)13-5-3-12(9-16)4-6-13/h3-8,11H,1-2H3,(H,17,18). The summed E-state index contributed by atoms with van der Waals surface area (Å²) in [6.45, 7) is 3.71. The Balaban J connectivity index is 2.08. The van der Waals surface area contributed by atoms with Crippen molar-refractivity contribution in [1.29, 1.82) is 5.26 Å². The normalized spacial score (nSPS) is 11.6. The molecule has 1 amide bonds. The molecule has 1 aromatic carbocycles. The predicted molar refractivity (Wildman–Crippen MR) is 70.5 cm³/mol. The van der Waals surface area contributed by atoms with Gasteiger partial charge in [0.25, 0.3) is 5.91 Å². The van der Waals surface area contributed by atoms with Gasteiger partial charge in [0.15, 0.2) is 5.76 Å². The zero-order chi connectivity index (χ0) is 13.8. The smallest absolute Gasteiger partial charge is 0.287 e. The Kier molecular flexibility index (Phi) is 3.67. The fraction of sp³-hybridized carbons (Fsp3) is 0.200. The van der Waals surface area contributed by atoms with Crippen molar-refractivity contribution in [3.63, 3.8) is 0 Å². The van der Waals surface area contributed by atoms with E-state index in [0.717, 1.165) is 11.1 Å². The maximum Gasteiger partial charge on any atom is 0.287 e. The SMILES string of the molecule is Cc1ccoc1C(=O)NC(C)c1ccc(C#N)cc1. The molecule has 0 radical (unpaired) electrons. The molecule has 2 rings (SSSR count). The summed E-state index contributed by atoms with van der Waals surface area (Å²) in [6, 6.07) is 10.8. The highest BCUT2D eigenvalue weighted by atomic mass is 16.3. The fourth-order valence-electron chi connectivity index (χ4n) is 1.80. The van der Waals surface area contributed by atoms with Gasteiger partial charge in [-0.05, 0) is 37.6 Å². The lowest BCUT2D eigenvalue weighted by Gasteiger charge is -2.13. The van der Waals surface area contributed by atoms with Crippen LogP contribution >= 0.6 is 0 Å². The maximum absolute atomic E-state index is 12.0. The number of carbonyl (C=O) groups is 1. The minimum atomic E-state index is -0.237. The summed E-state index contributed by atoms with van der Waals surface area (Å²) in [5.41, 5.74) is 2.35. The molecule has 4 nitrogen and oxygen atoms in total. The molecule has 1 N–H and O–H groups in total. The van der Waals surface area contributed by atoms with E-state index in [1.54, 1.807) is 18.2 Å². The first-order valence-electron chi connectivity index (χ1n) is 5.97. The lowest BCUT2D eigenvalue weighted by Crippen LogP contribution is -2.26. The third kappa shape index (κ3) is 2.83. The number of nitriles is 1. The fourth-order valence-corrected chi connectivity index (χ4v) is 1.80. The van der Waals surface area contributed by atoms with Gasteiger partial charge in [0, 0.05) is 5.56 Å². The van der Waals surface area contributed by atoms with Crippen LogP contribution in [0.3, 0.4) is 0 Å². The molecule has 1 atom stereocenters. The van der Waals surface area contributed by atoms with Gasteiger partial charge >= 0.3 is 0 Å². The quantitative estimate of drug-likeness (QED) is 0.915. The van der Waals surface area contributed by atoms with Crippen LogP contribution in [0.4, 0.5) is 0 Å². The number of nitrogens with zero attached hydrogens (tertiary/aromatic N) is 1. The number of aryl methyl sites for hydroxylation is 1. The van der Waals surface area contributed by atoms with E-state index in [2.05, 4.69) is 11.4 Å². The van der Waals surface area contributed by atoms with Crippen LogP contribution in [0.25, 0.3) is 0 Å². The molecule has 96 valence electrons. The van der Waals surface area contributed by atoms with Gasteiger partial charge in [-0.15, -0.1) is 0 Å². The van der Waals surface area contributed by atoms with Crippen molar-refractivity contribution >= 4 is 5.91 Å². The van der Waals surface area contributed by atoms with Gasteiger partial charge in [-0.1, -0.05) is 12.1 Å². The van der Waals surface area contributed by atoms with Crippen molar-refractivity contribution in [2.24, 2.45) is 0 Å². The van der Waals surface area contributed by atoms with Gasteiger partial charge in [0.05, 0.1) is 23.9 Å². The molecule has 0 aliphatic rings. The second-order valence-corrected chi connectivity index (χ2v) is 4.36. The van der Waals surface area contributed by atoms with Crippen LogP contribution in [0.1, 0.15) is 40.2 Å². The number of amides is 1. The van der Waals surface area contributed by atoms with E-state index >= 15 is 0 Å². The summed E-state index contributed by atoms with van der Waals surface area (Å²) in [5.74, 6) is 0.0971. The Labute approximate surface area is 111 Å². The van der Waals surface area contributed by atoms with E-state index in [-0.39, 0.29) is 11.9 Å². The lowest BCUT2D eigenvalue weighted by atomic mass is 10.1. The molecule has 1 heterocycles. The predicted octanol–water partition coefficient (Wildman–Crippen LogP) is 2.95. The Morgan fingerprint density at radius 3 is 2.53 bits per heavy atom. The van der Waals surface area contributed by atoms with Crippen LogP contribution < -0.4 is 5.32 Å². The molecule has 0 aliphatic heterocycles. The first kappa shape index (κ1) is 12.9. The average Bonchev–Trinajstić information content (AvgIpc) is 2.85. The molecule has 1 unspecified atom stereocenters. The molecular formula is C15H14N2O2.